The molecule has 10 heteroatoms. The van der Waals surface area contributed by atoms with Crippen molar-refractivity contribution in [3.63, 3.8) is 0 Å². The number of nitrogens with zero attached hydrogens (tertiary/aromatic N) is 3. The van der Waals surface area contributed by atoms with Crippen molar-refractivity contribution in [1.82, 2.24) is 14.6 Å². The van der Waals surface area contributed by atoms with Crippen LogP contribution in [0.2, 0.25) is 5.02 Å². The number of amides is 1. The molecule has 0 aliphatic heterocycles. The molecule has 2 aromatic carbocycles. The Morgan fingerprint density at radius 3 is 2.72 bits per heavy atom. The van der Waals surface area contributed by atoms with E-state index in [1.807, 2.05) is 0 Å². The molecule has 0 spiro atoms. The van der Waals surface area contributed by atoms with E-state index in [2.05, 4.69) is 15.4 Å². The van der Waals surface area contributed by atoms with Crippen molar-refractivity contribution in [2.45, 2.75) is 6.92 Å². The van der Waals surface area contributed by atoms with Crippen molar-refractivity contribution in [2.75, 3.05) is 11.9 Å². The minimum absolute atomic E-state index is 0.218. The minimum Gasteiger partial charge on any atom is -0.462 e. The number of halogens is 3. The molecular formula is C22H15ClF2N4O3. The maximum atomic E-state index is 14.1. The van der Waals surface area contributed by atoms with Crippen LogP contribution in [0.1, 0.15) is 27.6 Å². The van der Waals surface area contributed by atoms with Gasteiger partial charge in [0, 0.05) is 17.4 Å². The molecule has 32 heavy (non-hydrogen) atoms. The zero-order valence-corrected chi connectivity index (χ0v) is 17.4. The highest BCUT2D eigenvalue weighted by molar-refractivity contribution is 6.30. The second-order valence-corrected chi connectivity index (χ2v) is 7.03. The van der Waals surface area contributed by atoms with Crippen molar-refractivity contribution in [3.05, 3.63) is 82.6 Å². The highest BCUT2D eigenvalue weighted by Crippen LogP contribution is 2.25. The Morgan fingerprint density at radius 1 is 1.12 bits per heavy atom. The Kier molecular flexibility index (Phi) is 5.83. The van der Waals surface area contributed by atoms with Crippen molar-refractivity contribution < 1.29 is 23.1 Å². The summed E-state index contributed by atoms with van der Waals surface area (Å²) in [6, 6.07) is 9.83. The SMILES string of the molecule is CCOC(=O)c1cnn2c(-c3cccc(NC(=O)c4cc(F)c(Cl)cc4F)c3)ccnc12. The van der Waals surface area contributed by atoms with Crippen LogP contribution in [0.3, 0.4) is 0 Å². The Hall–Kier alpha value is -3.85. The van der Waals surface area contributed by atoms with Crippen LogP contribution >= 0.6 is 11.6 Å². The lowest BCUT2D eigenvalue weighted by Gasteiger charge is -2.10. The van der Waals surface area contributed by atoms with Crippen LogP contribution < -0.4 is 5.32 Å². The number of carbonyl (C=O) groups is 2. The number of hydrogen-bond donors (Lipinski definition) is 1. The molecule has 0 saturated heterocycles. The van der Waals surface area contributed by atoms with Gasteiger partial charge in [-0.1, -0.05) is 23.7 Å². The topological polar surface area (TPSA) is 85.6 Å². The fourth-order valence-corrected chi connectivity index (χ4v) is 3.26. The molecule has 7 nitrogen and oxygen atoms in total. The first-order valence-corrected chi connectivity index (χ1v) is 9.83. The number of hydrogen-bond acceptors (Lipinski definition) is 5. The van der Waals surface area contributed by atoms with E-state index in [1.54, 1.807) is 37.3 Å². The molecule has 0 atom stereocenters. The third kappa shape index (κ3) is 4.02. The van der Waals surface area contributed by atoms with E-state index in [0.717, 1.165) is 12.1 Å². The normalized spacial score (nSPS) is 10.9. The quantitative estimate of drug-likeness (QED) is 0.346. The molecule has 4 rings (SSSR count). The molecule has 0 fully saturated rings. The second kappa shape index (κ2) is 8.72. The predicted octanol–water partition coefficient (Wildman–Crippen LogP) is 4.76. The third-order valence-electron chi connectivity index (χ3n) is 4.57. The van der Waals surface area contributed by atoms with Gasteiger partial charge in [-0.05, 0) is 37.3 Å². The number of rotatable bonds is 5. The van der Waals surface area contributed by atoms with Gasteiger partial charge >= 0.3 is 5.97 Å². The first-order valence-electron chi connectivity index (χ1n) is 9.45. The van der Waals surface area contributed by atoms with Crippen molar-refractivity contribution in [1.29, 1.82) is 0 Å². The van der Waals surface area contributed by atoms with E-state index >= 15 is 0 Å². The maximum absolute atomic E-state index is 14.1. The van der Waals surface area contributed by atoms with Crippen LogP contribution in [-0.2, 0) is 4.74 Å². The summed E-state index contributed by atoms with van der Waals surface area (Å²) in [5.41, 5.74) is 1.62. The Balaban J connectivity index is 1.67. The molecule has 0 unspecified atom stereocenters. The first-order chi connectivity index (χ1) is 15.4. The summed E-state index contributed by atoms with van der Waals surface area (Å²) in [5, 5.41) is 6.35. The summed E-state index contributed by atoms with van der Waals surface area (Å²) in [5.74, 6) is -3.21. The Bertz CT molecular complexity index is 1360. The fraction of sp³-hybridized carbons (Fsp3) is 0.0909. The standard InChI is InChI=1S/C22H15ClF2N4O3/c1-2-32-22(31)15-11-27-29-19(6-7-26-20(15)29)12-4-3-5-13(8-12)28-21(30)14-9-18(25)16(23)10-17(14)24/h3-11H,2H2,1H3,(H,28,30). The first kappa shape index (κ1) is 21.4. The smallest absolute Gasteiger partial charge is 0.343 e. The van der Waals surface area contributed by atoms with E-state index in [1.165, 1.54) is 16.9 Å². The second-order valence-electron chi connectivity index (χ2n) is 6.63. The summed E-state index contributed by atoms with van der Waals surface area (Å²) in [6.45, 7) is 1.92. The summed E-state index contributed by atoms with van der Waals surface area (Å²) in [4.78, 5) is 28.8. The third-order valence-corrected chi connectivity index (χ3v) is 4.86. The van der Waals surface area contributed by atoms with Crippen LogP contribution in [0, 0.1) is 11.6 Å². The molecule has 1 amide bonds. The molecule has 2 heterocycles. The average molecular weight is 457 g/mol. The zero-order valence-electron chi connectivity index (χ0n) is 16.6. The number of benzene rings is 2. The van der Waals surface area contributed by atoms with Crippen LogP contribution in [0.25, 0.3) is 16.9 Å². The van der Waals surface area contributed by atoms with Crippen LogP contribution in [-0.4, -0.2) is 33.1 Å². The number of anilines is 1. The van der Waals surface area contributed by atoms with Gasteiger partial charge in [0.25, 0.3) is 5.91 Å². The molecule has 0 bridgehead atoms. The number of nitrogens with one attached hydrogen (secondary N) is 1. The van der Waals surface area contributed by atoms with Gasteiger partial charge in [0.1, 0.15) is 17.2 Å². The fourth-order valence-electron chi connectivity index (χ4n) is 3.11. The number of aromatic nitrogens is 3. The van der Waals surface area contributed by atoms with Crippen molar-refractivity contribution in [2.24, 2.45) is 0 Å². The molecular weight excluding hydrogens is 442 g/mol. The van der Waals surface area contributed by atoms with Gasteiger partial charge in [-0.25, -0.2) is 23.1 Å². The van der Waals surface area contributed by atoms with Crippen molar-refractivity contribution in [3.8, 4) is 11.3 Å². The van der Waals surface area contributed by atoms with Gasteiger partial charge in [-0.15, -0.1) is 0 Å². The van der Waals surface area contributed by atoms with Crippen LogP contribution in [0.4, 0.5) is 14.5 Å². The Morgan fingerprint density at radius 2 is 1.94 bits per heavy atom. The predicted molar refractivity (Wildman–Crippen MR) is 114 cm³/mol. The van der Waals surface area contributed by atoms with Gasteiger partial charge in [0.05, 0.1) is 29.1 Å². The largest absolute Gasteiger partial charge is 0.462 e. The number of fused-ring (bicyclic) bond motifs is 1. The van der Waals surface area contributed by atoms with Crippen molar-refractivity contribution >= 4 is 34.8 Å². The van der Waals surface area contributed by atoms with Crippen LogP contribution in [0.15, 0.2) is 54.9 Å². The van der Waals surface area contributed by atoms with E-state index in [9.17, 15) is 18.4 Å². The molecule has 0 saturated carbocycles. The molecule has 0 aliphatic rings. The molecule has 0 radical (unpaired) electrons. The molecule has 4 aromatic rings. The van der Waals surface area contributed by atoms with Gasteiger partial charge in [-0.2, -0.15) is 5.10 Å². The van der Waals surface area contributed by atoms with Crippen LogP contribution in [0.5, 0.6) is 0 Å². The van der Waals surface area contributed by atoms with Gasteiger partial charge < -0.3 is 10.1 Å². The molecule has 162 valence electrons. The van der Waals surface area contributed by atoms with E-state index in [0.29, 0.717) is 22.6 Å². The minimum atomic E-state index is -0.941. The lowest BCUT2D eigenvalue weighted by Crippen LogP contribution is -2.14. The molecule has 2 aromatic heterocycles. The summed E-state index contributed by atoms with van der Waals surface area (Å²) in [7, 11) is 0. The van der Waals surface area contributed by atoms with Gasteiger partial charge in [-0.3, -0.25) is 4.79 Å². The van der Waals surface area contributed by atoms with E-state index < -0.39 is 34.1 Å². The summed E-state index contributed by atoms with van der Waals surface area (Å²) in [6.07, 6.45) is 2.89. The highest BCUT2D eigenvalue weighted by Gasteiger charge is 2.18. The van der Waals surface area contributed by atoms with E-state index in [4.69, 9.17) is 16.3 Å². The van der Waals surface area contributed by atoms with Gasteiger partial charge in [0.2, 0.25) is 0 Å². The monoisotopic (exact) mass is 456 g/mol. The maximum Gasteiger partial charge on any atom is 0.343 e. The molecule has 0 aliphatic carbocycles. The molecule has 1 N–H and O–H groups in total. The lowest BCUT2D eigenvalue weighted by atomic mass is 10.1. The Labute approximate surface area is 185 Å². The summed E-state index contributed by atoms with van der Waals surface area (Å²) >= 11 is 5.54. The number of ether oxygens (including phenoxy) is 1. The summed E-state index contributed by atoms with van der Waals surface area (Å²) < 4.78 is 34.2. The van der Waals surface area contributed by atoms with E-state index in [-0.39, 0.29) is 12.2 Å². The van der Waals surface area contributed by atoms with Gasteiger partial charge in [0.15, 0.2) is 5.65 Å². The zero-order chi connectivity index (χ0) is 22.8. The number of esters is 1. The number of carbonyl (C=O) groups excluding carboxylic acids is 2. The average Bonchev–Trinajstić information content (AvgIpc) is 3.21. The highest BCUT2D eigenvalue weighted by atomic mass is 35.5. The lowest BCUT2D eigenvalue weighted by molar-refractivity contribution is 0.0528.